The number of hydrogen-bond donors (Lipinski definition) is 1. The van der Waals surface area contributed by atoms with Gasteiger partial charge in [0.05, 0.1) is 23.9 Å². The van der Waals surface area contributed by atoms with Crippen LogP contribution < -0.4 is 5.32 Å². The van der Waals surface area contributed by atoms with E-state index in [1.807, 2.05) is 6.07 Å². The van der Waals surface area contributed by atoms with Crippen LogP contribution in [-0.2, 0) is 9.53 Å². The monoisotopic (exact) mass is 252 g/mol. The number of esters is 1. The van der Waals surface area contributed by atoms with Gasteiger partial charge >= 0.3 is 5.97 Å². The van der Waals surface area contributed by atoms with Gasteiger partial charge in [-0.2, -0.15) is 5.26 Å². The molecule has 0 saturated heterocycles. The third-order valence-corrected chi connectivity index (χ3v) is 2.20. The molecule has 0 aromatic heterocycles. The molecule has 1 aromatic rings. The first-order chi connectivity index (χ1) is 8.12. The smallest absolute Gasteiger partial charge is 0.337 e. The quantitative estimate of drug-likeness (QED) is 0.653. The molecule has 0 unspecified atom stereocenters. The highest BCUT2D eigenvalue weighted by Crippen LogP contribution is 2.17. The Morgan fingerprint density at radius 3 is 2.76 bits per heavy atom. The zero-order valence-corrected chi connectivity index (χ0v) is 9.75. The molecule has 1 amide bonds. The summed E-state index contributed by atoms with van der Waals surface area (Å²) in [7, 11) is 1.25. The van der Waals surface area contributed by atoms with Gasteiger partial charge in [-0.25, -0.2) is 4.79 Å². The van der Waals surface area contributed by atoms with E-state index in [2.05, 4.69) is 10.1 Å². The third kappa shape index (κ3) is 3.20. The summed E-state index contributed by atoms with van der Waals surface area (Å²) in [6.45, 7) is 0. The molecular weight excluding hydrogens is 244 g/mol. The number of carbonyl (C=O) groups is 2. The summed E-state index contributed by atoms with van der Waals surface area (Å²) in [5.41, 5.74) is 0.727. The predicted octanol–water partition coefficient (Wildman–Crippen LogP) is 1.52. The van der Waals surface area contributed by atoms with Crippen molar-refractivity contribution in [1.82, 2.24) is 0 Å². The average molecular weight is 253 g/mol. The molecule has 1 rings (SSSR count). The van der Waals surface area contributed by atoms with Crippen molar-refractivity contribution in [3.05, 3.63) is 29.3 Å². The van der Waals surface area contributed by atoms with Crippen molar-refractivity contribution in [3.8, 4) is 6.07 Å². The maximum Gasteiger partial charge on any atom is 0.337 e. The van der Waals surface area contributed by atoms with E-state index in [-0.39, 0.29) is 17.0 Å². The van der Waals surface area contributed by atoms with E-state index in [0.29, 0.717) is 5.69 Å². The number of alkyl halides is 1. The number of hydrogen-bond acceptors (Lipinski definition) is 4. The first-order valence-electron chi connectivity index (χ1n) is 4.60. The maximum atomic E-state index is 11.2. The summed E-state index contributed by atoms with van der Waals surface area (Å²) in [6, 6.07) is 6.13. The van der Waals surface area contributed by atoms with Gasteiger partial charge < -0.3 is 10.1 Å². The Bertz CT molecular complexity index is 494. The molecule has 0 fully saturated rings. The van der Waals surface area contributed by atoms with E-state index in [9.17, 15) is 9.59 Å². The molecular formula is C11H9ClN2O3. The summed E-state index contributed by atoms with van der Waals surface area (Å²) in [5, 5.41) is 11.3. The summed E-state index contributed by atoms with van der Waals surface area (Å²) in [5.74, 6) is -1.17. The second-order valence-corrected chi connectivity index (χ2v) is 3.31. The second-order valence-electron chi connectivity index (χ2n) is 3.05. The minimum atomic E-state index is -0.545. The Morgan fingerprint density at radius 1 is 1.53 bits per heavy atom. The fourth-order valence-electron chi connectivity index (χ4n) is 1.17. The van der Waals surface area contributed by atoms with Crippen molar-refractivity contribution in [2.24, 2.45) is 0 Å². The van der Waals surface area contributed by atoms with Gasteiger partial charge in [-0.3, -0.25) is 4.79 Å². The number of benzene rings is 1. The van der Waals surface area contributed by atoms with Crippen molar-refractivity contribution >= 4 is 29.2 Å². The van der Waals surface area contributed by atoms with Crippen molar-refractivity contribution in [2.75, 3.05) is 18.3 Å². The first kappa shape index (κ1) is 13.0. The molecule has 5 nitrogen and oxygen atoms in total. The summed E-state index contributed by atoms with van der Waals surface area (Å²) in [4.78, 5) is 22.3. The Kier molecular flexibility index (Phi) is 4.49. The lowest BCUT2D eigenvalue weighted by atomic mass is 10.1. The van der Waals surface area contributed by atoms with Gasteiger partial charge in [0.1, 0.15) is 11.9 Å². The van der Waals surface area contributed by atoms with E-state index >= 15 is 0 Å². The highest BCUT2D eigenvalue weighted by molar-refractivity contribution is 6.29. The lowest BCUT2D eigenvalue weighted by molar-refractivity contribution is -0.113. The molecule has 0 atom stereocenters. The molecule has 0 aliphatic rings. The van der Waals surface area contributed by atoms with Crippen molar-refractivity contribution in [3.63, 3.8) is 0 Å². The van der Waals surface area contributed by atoms with Gasteiger partial charge in [-0.15, -0.1) is 11.6 Å². The topological polar surface area (TPSA) is 79.2 Å². The van der Waals surface area contributed by atoms with Crippen molar-refractivity contribution in [1.29, 1.82) is 5.26 Å². The highest BCUT2D eigenvalue weighted by Gasteiger charge is 2.11. The molecule has 0 aliphatic heterocycles. The number of rotatable bonds is 3. The molecule has 0 radical (unpaired) electrons. The SMILES string of the molecule is COC(=O)c1ccc(NC(=O)CCl)c(C#N)c1. The van der Waals surface area contributed by atoms with Crippen LogP contribution in [0.25, 0.3) is 0 Å². The van der Waals surface area contributed by atoms with Crippen molar-refractivity contribution < 1.29 is 14.3 Å². The molecule has 1 aromatic carbocycles. The standard InChI is InChI=1S/C11H9ClN2O3/c1-17-11(16)7-2-3-9(8(4-7)6-13)14-10(15)5-12/h2-4H,5H2,1H3,(H,14,15). The second kappa shape index (κ2) is 5.87. The molecule has 0 saturated carbocycles. The summed E-state index contributed by atoms with van der Waals surface area (Å²) in [6.07, 6.45) is 0. The molecule has 6 heteroatoms. The molecule has 0 aliphatic carbocycles. The number of anilines is 1. The summed E-state index contributed by atoms with van der Waals surface area (Å²) < 4.78 is 4.52. The largest absolute Gasteiger partial charge is 0.465 e. The number of halogens is 1. The molecule has 17 heavy (non-hydrogen) atoms. The number of nitrogens with one attached hydrogen (secondary N) is 1. The molecule has 1 N–H and O–H groups in total. The fourth-order valence-corrected chi connectivity index (χ4v) is 1.24. The van der Waals surface area contributed by atoms with Gasteiger partial charge in [-0.1, -0.05) is 0 Å². The van der Waals surface area contributed by atoms with E-state index < -0.39 is 11.9 Å². The fraction of sp³-hybridized carbons (Fsp3) is 0.182. The third-order valence-electron chi connectivity index (χ3n) is 1.96. The maximum absolute atomic E-state index is 11.2. The van der Waals surface area contributed by atoms with Gasteiger partial charge in [0.2, 0.25) is 5.91 Å². The number of carbonyl (C=O) groups excluding carboxylic acids is 2. The lowest BCUT2D eigenvalue weighted by Crippen LogP contribution is -2.14. The minimum absolute atomic E-state index is 0.173. The molecule has 88 valence electrons. The first-order valence-corrected chi connectivity index (χ1v) is 5.14. The lowest BCUT2D eigenvalue weighted by Gasteiger charge is -2.06. The number of nitriles is 1. The van der Waals surface area contributed by atoms with Crippen LogP contribution in [0, 0.1) is 11.3 Å². The van der Waals surface area contributed by atoms with Crippen LogP contribution in [0.4, 0.5) is 5.69 Å². The number of ether oxygens (including phenoxy) is 1. The van der Waals surface area contributed by atoms with Crippen LogP contribution in [0.1, 0.15) is 15.9 Å². The Labute approximate surface area is 103 Å². The van der Waals surface area contributed by atoms with E-state index in [1.54, 1.807) is 0 Å². The van der Waals surface area contributed by atoms with E-state index in [4.69, 9.17) is 16.9 Å². The zero-order chi connectivity index (χ0) is 12.8. The zero-order valence-electron chi connectivity index (χ0n) is 8.99. The minimum Gasteiger partial charge on any atom is -0.465 e. The van der Waals surface area contributed by atoms with Crippen LogP contribution in [-0.4, -0.2) is 24.9 Å². The van der Waals surface area contributed by atoms with Gasteiger partial charge in [0, 0.05) is 0 Å². The Morgan fingerprint density at radius 2 is 2.24 bits per heavy atom. The van der Waals surface area contributed by atoms with Gasteiger partial charge in [-0.05, 0) is 18.2 Å². The van der Waals surface area contributed by atoms with E-state index in [0.717, 1.165) is 0 Å². The Hall–Kier alpha value is -2.06. The van der Waals surface area contributed by atoms with Crippen LogP contribution in [0.5, 0.6) is 0 Å². The molecule has 0 spiro atoms. The predicted molar refractivity (Wildman–Crippen MR) is 61.8 cm³/mol. The van der Waals surface area contributed by atoms with Crippen LogP contribution in [0.15, 0.2) is 18.2 Å². The molecule has 0 heterocycles. The Balaban J connectivity index is 3.06. The average Bonchev–Trinajstić information content (AvgIpc) is 2.37. The number of methoxy groups -OCH3 is 1. The van der Waals surface area contributed by atoms with Gasteiger partial charge in [0.15, 0.2) is 0 Å². The van der Waals surface area contributed by atoms with Crippen LogP contribution >= 0.6 is 11.6 Å². The normalized spacial score (nSPS) is 9.24. The summed E-state index contributed by atoms with van der Waals surface area (Å²) >= 11 is 5.33. The van der Waals surface area contributed by atoms with E-state index in [1.165, 1.54) is 25.3 Å². The highest BCUT2D eigenvalue weighted by atomic mass is 35.5. The van der Waals surface area contributed by atoms with Crippen LogP contribution in [0.2, 0.25) is 0 Å². The number of nitrogens with zero attached hydrogens (tertiary/aromatic N) is 1. The van der Waals surface area contributed by atoms with Crippen LogP contribution in [0.3, 0.4) is 0 Å². The van der Waals surface area contributed by atoms with Crippen molar-refractivity contribution in [2.45, 2.75) is 0 Å². The molecule has 0 bridgehead atoms. The number of amides is 1. The van der Waals surface area contributed by atoms with Gasteiger partial charge in [0.25, 0.3) is 0 Å².